The van der Waals surface area contributed by atoms with Crippen molar-refractivity contribution < 1.29 is 9.84 Å². The smallest absolute Gasteiger partial charge is 0.0697 e. The normalized spacial score (nSPS) is 21.2. The molecule has 1 fully saturated rings. The summed E-state index contributed by atoms with van der Waals surface area (Å²) in [6.45, 7) is 6.58. The first kappa shape index (κ1) is 11.4. The van der Waals surface area contributed by atoms with E-state index < -0.39 is 0 Å². The average Bonchev–Trinajstić information content (AvgIpc) is 2.31. The summed E-state index contributed by atoms with van der Waals surface area (Å²) in [6, 6.07) is 2.38. The summed E-state index contributed by atoms with van der Waals surface area (Å²) < 4.78 is 5.42. The lowest BCUT2D eigenvalue weighted by Gasteiger charge is -2.36. The Morgan fingerprint density at radius 3 is 3.12 bits per heavy atom. The molecule has 1 saturated heterocycles. The van der Waals surface area contributed by atoms with Gasteiger partial charge in [-0.3, -0.25) is 4.98 Å². The summed E-state index contributed by atoms with van der Waals surface area (Å²) in [4.78, 5) is 6.61. The van der Waals surface area contributed by atoms with Crippen molar-refractivity contribution in [2.45, 2.75) is 26.5 Å². The monoisotopic (exact) mass is 222 g/mol. The van der Waals surface area contributed by atoms with Crippen LogP contribution in [0.5, 0.6) is 0 Å². The molecule has 1 aliphatic heterocycles. The lowest BCUT2D eigenvalue weighted by atomic mass is 10.1. The number of aliphatic hydroxyl groups excluding tert-OH is 1. The second kappa shape index (κ2) is 4.80. The number of aromatic nitrogens is 1. The Morgan fingerprint density at radius 2 is 2.44 bits per heavy atom. The van der Waals surface area contributed by atoms with Crippen LogP contribution < -0.4 is 4.90 Å². The fourth-order valence-electron chi connectivity index (χ4n) is 2.03. The molecular weight excluding hydrogens is 204 g/mol. The van der Waals surface area contributed by atoms with Crippen LogP contribution >= 0.6 is 0 Å². The van der Waals surface area contributed by atoms with Crippen LogP contribution in [0.4, 0.5) is 5.69 Å². The number of ether oxygens (including phenoxy) is 1. The highest BCUT2D eigenvalue weighted by Gasteiger charge is 2.21. The van der Waals surface area contributed by atoms with Gasteiger partial charge in [-0.05, 0) is 25.5 Å². The van der Waals surface area contributed by atoms with E-state index in [1.807, 2.05) is 13.0 Å². The van der Waals surface area contributed by atoms with Gasteiger partial charge in [-0.2, -0.15) is 0 Å². The fourth-order valence-corrected chi connectivity index (χ4v) is 2.03. The van der Waals surface area contributed by atoms with Gasteiger partial charge >= 0.3 is 0 Å². The highest BCUT2D eigenvalue weighted by atomic mass is 16.5. The molecule has 2 heterocycles. The van der Waals surface area contributed by atoms with Gasteiger partial charge < -0.3 is 14.7 Å². The summed E-state index contributed by atoms with van der Waals surface area (Å²) in [6.07, 6.45) is 1.73. The Balaban J connectivity index is 2.30. The molecule has 1 aromatic heterocycles. The number of anilines is 1. The molecule has 1 atom stereocenters. The summed E-state index contributed by atoms with van der Waals surface area (Å²) in [5.41, 5.74) is 2.98. The quantitative estimate of drug-likeness (QED) is 0.814. The molecule has 4 nitrogen and oxygen atoms in total. The largest absolute Gasteiger partial charge is 0.392 e. The Morgan fingerprint density at radius 1 is 1.62 bits per heavy atom. The zero-order valence-electron chi connectivity index (χ0n) is 9.81. The zero-order valence-corrected chi connectivity index (χ0v) is 9.81. The molecular formula is C12H18N2O2. The van der Waals surface area contributed by atoms with Crippen molar-refractivity contribution >= 4 is 5.69 Å². The van der Waals surface area contributed by atoms with Crippen molar-refractivity contribution in [1.29, 1.82) is 0 Å². The van der Waals surface area contributed by atoms with Gasteiger partial charge in [-0.15, -0.1) is 0 Å². The van der Waals surface area contributed by atoms with Crippen molar-refractivity contribution in [2.75, 3.05) is 24.7 Å². The molecule has 2 rings (SSSR count). The topological polar surface area (TPSA) is 45.6 Å². The standard InChI is InChI=1S/C12H18N2O2/c1-9-8-16-4-3-14(9)12-5-11(7-15)6-13-10(12)2/h5-6,9,15H,3-4,7-8H2,1-2H3/t9-/m0/s1. The minimum atomic E-state index is 0.0407. The molecule has 1 N–H and O–H groups in total. The zero-order chi connectivity index (χ0) is 11.5. The van der Waals surface area contributed by atoms with Crippen molar-refractivity contribution in [3.63, 3.8) is 0 Å². The van der Waals surface area contributed by atoms with Gasteiger partial charge in [-0.1, -0.05) is 0 Å². The van der Waals surface area contributed by atoms with E-state index in [-0.39, 0.29) is 6.61 Å². The maximum absolute atomic E-state index is 9.13. The van der Waals surface area contributed by atoms with Crippen LogP contribution in [0, 0.1) is 6.92 Å². The van der Waals surface area contributed by atoms with E-state index in [0.29, 0.717) is 6.04 Å². The third-order valence-electron chi connectivity index (χ3n) is 2.98. The molecule has 16 heavy (non-hydrogen) atoms. The van der Waals surface area contributed by atoms with E-state index in [9.17, 15) is 0 Å². The summed E-state index contributed by atoms with van der Waals surface area (Å²) in [5, 5.41) is 9.13. The Kier molecular flexibility index (Phi) is 3.41. The molecule has 88 valence electrons. The first-order valence-electron chi connectivity index (χ1n) is 5.63. The maximum atomic E-state index is 9.13. The molecule has 4 heteroatoms. The first-order chi connectivity index (χ1) is 7.72. The van der Waals surface area contributed by atoms with Gasteiger partial charge in [0.1, 0.15) is 0 Å². The lowest BCUT2D eigenvalue weighted by molar-refractivity contribution is 0.0988. The summed E-state index contributed by atoms with van der Waals surface area (Å²) in [5.74, 6) is 0. The van der Waals surface area contributed by atoms with Crippen molar-refractivity contribution in [3.05, 3.63) is 23.5 Å². The van der Waals surface area contributed by atoms with E-state index >= 15 is 0 Å². The van der Waals surface area contributed by atoms with Gasteiger partial charge in [0.2, 0.25) is 0 Å². The molecule has 0 spiro atoms. The molecule has 1 aliphatic rings. The van der Waals surface area contributed by atoms with Crippen molar-refractivity contribution in [3.8, 4) is 0 Å². The summed E-state index contributed by atoms with van der Waals surface area (Å²) >= 11 is 0. The van der Waals surface area contributed by atoms with Crippen molar-refractivity contribution in [2.24, 2.45) is 0 Å². The number of aliphatic hydroxyl groups is 1. The third kappa shape index (κ3) is 2.18. The van der Waals surface area contributed by atoms with Gasteiger partial charge in [0, 0.05) is 18.8 Å². The predicted molar refractivity (Wildman–Crippen MR) is 62.5 cm³/mol. The molecule has 0 saturated carbocycles. The van der Waals surface area contributed by atoms with Crippen LogP contribution in [0.3, 0.4) is 0 Å². The molecule has 0 radical (unpaired) electrons. The molecule has 1 aromatic rings. The van der Waals surface area contributed by atoms with Crippen LogP contribution in [0.25, 0.3) is 0 Å². The number of rotatable bonds is 2. The van der Waals surface area contributed by atoms with Gasteiger partial charge in [0.25, 0.3) is 0 Å². The van der Waals surface area contributed by atoms with Gasteiger partial charge in [0.15, 0.2) is 0 Å². The number of hydrogen-bond donors (Lipinski definition) is 1. The average molecular weight is 222 g/mol. The third-order valence-corrected chi connectivity index (χ3v) is 2.98. The predicted octanol–water partition coefficient (Wildman–Crippen LogP) is 1.11. The number of aryl methyl sites for hydroxylation is 1. The Bertz CT molecular complexity index is 368. The highest BCUT2D eigenvalue weighted by molar-refractivity contribution is 5.52. The van der Waals surface area contributed by atoms with Crippen LogP contribution in [0.15, 0.2) is 12.3 Å². The van der Waals surface area contributed by atoms with E-state index in [1.54, 1.807) is 6.20 Å². The second-order valence-corrected chi connectivity index (χ2v) is 4.22. The van der Waals surface area contributed by atoms with E-state index in [1.165, 1.54) is 0 Å². The van der Waals surface area contributed by atoms with Gasteiger partial charge in [0.05, 0.1) is 31.2 Å². The molecule has 0 aliphatic carbocycles. The first-order valence-corrected chi connectivity index (χ1v) is 5.63. The fraction of sp³-hybridized carbons (Fsp3) is 0.583. The van der Waals surface area contributed by atoms with Crippen LogP contribution in [-0.4, -0.2) is 35.9 Å². The second-order valence-electron chi connectivity index (χ2n) is 4.22. The number of pyridine rings is 1. The molecule has 0 unspecified atom stereocenters. The van der Waals surface area contributed by atoms with E-state index in [2.05, 4.69) is 16.8 Å². The van der Waals surface area contributed by atoms with Crippen LogP contribution in [0.1, 0.15) is 18.2 Å². The lowest BCUT2D eigenvalue weighted by Crippen LogP contribution is -2.44. The van der Waals surface area contributed by atoms with Crippen LogP contribution in [-0.2, 0) is 11.3 Å². The minimum absolute atomic E-state index is 0.0407. The maximum Gasteiger partial charge on any atom is 0.0697 e. The summed E-state index contributed by atoms with van der Waals surface area (Å²) in [7, 11) is 0. The molecule has 0 amide bonds. The number of hydrogen-bond acceptors (Lipinski definition) is 4. The Hall–Kier alpha value is -1.13. The number of nitrogens with zero attached hydrogens (tertiary/aromatic N) is 2. The SMILES string of the molecule is Cc1ncc(CO)cc1N1CCOC[C@@H]1C. The van der Waals surface area contributed by atoms with Crippen LogP contribution in [0.2, 0.25) is 0 Å². The van der Waals surface area contributed by atoms with E-state index in [0.717, 1.165) is 36.7 Å². The van der Waals surface area contributed by atoms with Crippen molar-refractivity contribution in [1.82, 2.24) is 4.98 Å². The van der Waals surface area contributed by atoms with E-state index in [4.69, 9.17) is 9.84 Å². The Labute approximate surface area is 95.9 Å². The molecule has 0 aromatic carbocycles. The highest BCUT2D eigenvalue weighted by Crippen LogP contribution is 2.23. The molecule has 0 bridgehead atoms. The number of morpholine rings is 1. The minimum Gasteiger partial charge on any atom is -0.392 e. The van der Waals surface area contributed by atoms with Gasteiger partial charge in [-0.25, -0.2) is 0 Å².